The molecule has 1 saturated heterocycles. The van der Waals surface area contributed by atoms with Crippen LogP contribution in [0.4, 0.5) is 4.39 Å². The number of hydrogen-bond acceptors (Lipinski definition) is 4. The highest BCUT2D eigenvalue weighted by Gasteiger charge is 2.23. The first kappa shape index (κ1) is 22.8. The molecule has 1 amide bonds. The first-order chi connectivity index (χ1) is 15.4. The lowest BCUT2D eigenvalue weighted by atomic mass is 10.1. The molecule has 1 aliphatic rings. The Labute approximate surface area is 197 Å². The van der Waals surface area contributed by atoms with Crippen LogP contribution in [0.1, 0.15) is 31.9 Å². The van der Waals surface area contributed by atoms with E-state index in [1.54, 1.807) is 6.07 Å². The van der Waals surface area contributed by atoms with Crippen molar-refractivity contribution in [3.05, 3.63) is 85.8 Å². The summed E-state index contributed by atoms with van der Waals surface area (Å²) in [7, 11) is 0. The highest BCUT2D eigenvalue weighted by Crippen LogP contribution is 2.24. The zero-order valence-electron chi connectivity index (χ0n) is 18.2. The molecule has 0 aliphatic carbocycles. The number of halogens is 2. The zero-order chi connectivity index (χ0) is 22.7. The van der Waals surface area contributed by atoms with Crippen LogP contribution in [-0.4, -0.2) is 41.9 Å². The van der Waals surface area contributed by atoms with Gasteiger partial charge in [0.25, 0.3) is 5.91 Å². The Bertz CT molecular complexity index is 1110. The maximum Gasteiger partial charge on any atom is 0.264 e. The van der Waals surface area contributed by atoms with Gasteiger partial charge in [0.2, 0.25) is 0 Å². The lowest BCUT2D eigenvalue weighted by Crippen LogP contribution is -2.48. The molecule has 4 rings (SSSR count). The van der Waals surface area contributed by atoms with Gasteiger partial charge >= 0.3 is 0 Å². The number of hydrogen-bond donors (Lipinski definition) is 0. The number of rotatable bonds is 6. The van der Waals surface area contributed by atoms with Crippen molar-refractivity contribution in [3.8, 4) is 5.75 Å². The zero-order valence-corrected chi connectivity index (χ0v) is 19.8. The standard InChI is InChI=1S/C25H26ClFN2O2S/c1-17-3-6-23(18(2)11-17)31-15-19-12-24(32-16-19)25(30)29-9-7-28(8-10-29)14-20-4-5-21(27)13-22(20)26/h3-6,11-13,16H,7-10,14-15H2,1-2H3. The Morgan fingerprint density at radius 3 is 2.59 bits per heavy atom. The lowest BCUT2D eigenvalue weighted by Gasteiger charge is -2.34. The molecule has 3 aromatic rings. The summed E-state index contributed by atoms with van der Waals surface area (Å²) in [5.74, 6) is 0.600. The second kappa shape index (κ2) is 10.0. The van der Waals surface area contributed by atoms with Crippen LogP contribution < -0.4 is 4.74 Å². The minimum atomic E-state index is -0.330. The van der Waals surface area contributed by atoms with Crippen LogP contribution in [0.2, 0.25) is 5.02 Å². The van der Waals surface area contributed by atoms with E-state index in [1.807, 2.05) is 35.4 Å². The first-order valence-corrected chi connectivity index (χ1v) is 11.9. The van der Waals surface area contributed by atoms with Gasteiger partial charge in [0.05, 0.1) is 4.88 Å². The van der Waals surface area contributed by atoms with Crippen molar-refractivity contribution in [1.29, 1.82) is 0 Å². The lowest BCUT2D eigenvalue weighted by molar-refractivity contribution is 0.0633. The molecule has 1 aliphatic heterocycles. The van der Waals surface area contributed by atoms with Gasteiger partial charge in [0.1, 0.15) is 18.2 Å². The van der Waals surface area contributed by atoms with E-state index in [0.717, 1.165) is 40.4 Å². The van der Waals surface area contributed by atoms with Crippen molar-refractivity contribution in [1.82, 2.24) is 9.80 Å². The van der Waals surface area contributed by atoms with Crippen molar-refractivity contribution in [3.63, 3.8) is 0 Å². The van der Waals surface area contributed by atoms with E-state index >= 15 is 0 Å². The maximum atomic E-state index is 13.2. The van der Waals surface area contributed by atoms with Gasteiger partial charge in [-0.3, -0.25) is 9.69 Å². The fourth-order valence-corrected chi connectivity index (χ4v) is 4.93. The van der Waals surface area contributed by atoms with Crippen LogP contribution in [0.3, 0.4) is 0 Å². The Kier molecular flexibility index (Phi) is 7.13. The summed E-state index contributed by atoms with van der Waals surface area (Å²) < 4.78 is 19.2. The van der Waals surface area contributed by atoms with E-state index in [2.05, 4.69) is 17.9 Å². The number of piperazine rings is 1. The molecule has 0 saturated carbocycles. The molecule has 0 spiro atoms. The molecule has 0 atom stereocenters. The van der Waals surface area contributed by atoms with E-state index in [-0.39, 0.29) is 11.7 Å². The van der Waals surface area contributed by atoms with Crippen LogP contribution in [0, 0.1) is 19.7 Å². The third-order valence-electron chi connectivity index (χ3n) is 5.66. The Morgan fingerprint density at radius 2 is 1.88 bits per heavy atom. The van der Waals surface area contributed by atoms with Gasteiger partial charge in [-0.05, 0) is 54.6 Å². The van der Waals surface area contributed by atoms with Gasteiger partial charge in [-0.25, -0.2) is 4.39 Å². The van der Waals surface area contributed by atoms with Crippen LogP contribution in [0.5, 0.6) is 5.75 Å². The van der Waals surface area contributed by atoms with Crippen molar-refractivity contribution in [2.45, 2.75) is 27.0 Å². The summed E-state index contributed by atoms with van der Waals surface area (Å²) >= 11 is 7.61. The van der Waals surface area contributed by atoms with Gasteiger partial charge < -0.3 is 9.64 Å². The highest BCUT2D eigenvalue weighted by atomic mass is 35.5. The van der Waals surface area contributed by atoms with Gasteiger partial charge in [-0.1, -0.05) is 35.4 Å². The Hall–Kier alpha value is -2.41. The summed E-state index contributed by atoms with van der Waals surface area (Å²) in [6.07, 6.45) is 0. The summed E-state index contributed by atoms with van der Waals surface area (Å²) in [6.45, 7) is 8.02. The van der Waals surface area contributed by atoms with E-state index in [4.69, 9.17) is 16.3 Å². The molecule has 32 heavy (non-hydrogen) atoms. The van der Waals surface area contributed by atoms with Gasteiger partial charge in [0.15, 0.2) is 0 Å². The third kappa shape index (κ3) is 5.49. The number of carbonyl (C=O) groups excluding carboxylic acids is 1. The molecule has 0 radical (unpaired) electrons. The maximum absolute atomic E-state index is 13.2. The topological polar surface area (TPSA) is 32.8 Å². The monoisotopic (exact) mass is 472 g/mol. The first-order valence-electron chi connectivity index (χ1n) is 10.6. The summed E-state index contributed by atoms with van der Waals surface area (Å²) in [4.78, 5) is 17.8. The quantitative estimate of drug-likeness (QED) is 0.461. The number of benzene rings is 2. The fraction of sp³-hybridized carbons (Fsp3) is 0.320. The third-order valence-corrected chi connectivity index (χ3v) is 6.98. The minimum Gasteiger partial charge on any atom is -0.489 e. The molecular formula is C25H26ClFN2O2S. The second-order valence-electron chi connectivity index (χ2n) is 8.18. The SMILES string of the molecule is Cc1ccc(OCc2csc(C(=O)N3CCN(Cc4ccc(F)cc4Cl)CC3)c2)c(C)c1. The number of carbonyl (C=O) groups is 1. The normalized spacial score (nSPS) is 14.6. The van der Waals surface area contributed by atoms with E-state index < -0.39 is 0 Å². The largest absolute Gasteiger partial charge is 0.489 e. The second-order valence-corrected chi connectivity index (χ2v) is 9.50. The fourth-order valence-electron chi connectivity index (χ4n) is 3.84. The summed E-state index contributed by atoms with van der Waals surface area (Å²) in [5.41, 5.74) is 4.22. The molecule has 4 nitrogen and oxygen atoms in total. The van der Waals surface area contributed by atoms with Crippen LogP contribution in [0.15, 0.2) is 47.8 Å². The number of nitrogens with zero attached hydrogens (tertiary/aromatic N) is 2. The number of amides is 1. The molecule has 0 unspecified atom stereocenters. The molecule has 0 bridgehead atoms. The average Bonchev–Trinajstić information content (AvgIpc) is 3.24. The molecule has 2 heterocycles. The Morgan fingerprint density at radius 1 is 1.09 bits per heavy atom. The van der Waals surface area contributed by atoms with Crippen LogP contribution in [0.25, 0.3) is 0 Å². The van der Waals surface area contributed by atoms with Crippen LogP contribution >= 0.6 is 22.9 Å². The van der Waals surface area contributed by atoms with Gasteiger partial charge in [-0.15, -0.1) is 11.3 Å². The van der Waals surface area contributed by atoms with Gasteiger partial charge in [-0.2, -0.15) is 0 Å². The van der Waals surface area contributed by atoms with E-state index in [1.165, 1.54) is 29.0 Å². The van der Waals surface area contributed by atoms with E-state index in [9.17, 15) is 9.18 Å². The predicted molar refractivity (Wildman–Crippen MR) is 127 cm³/mol. The van der Waals surface area contributed by atoms with Gasteiger partial charge in [0, 0.05) is 43.3 Å². The molecule has 168 valence electrons. The smallest absolute Gasteiger partial charge is 0.264 e. The number of aryl methyl sites for hydroxylation is 2. The summed E-state index contributed by atoms with van der Waals surface area (Å²) in [6, 6.07) is 12.6. The molecule has 1 fully saturated rings. The molecular weight excluding hydrogens is 447 g/mol. The van der Waals surface area contributed by atoms with E-state index in [0.29, 0.717) is 31.3 Å². The van der Waals surface area contributed by atoms with Crippen molar-refractivity contribution >= 4 is 28.8 Å². The van der Waals surface area contributed by atoms with Crippen molar-refractivity contribution in [2.75, 3.05) is 26.2 Å². The van der Waals surface area contributed by atoms with Crippen molar-refractivity contribution < 1.29 is 13.9 Å². The van der Waals surface area contributed by atoms with Crippen molar-refractivity contribution in [2.24, 2.45) is 0 Å². The van der Waals surface area contributed by atoms with Crippen LogP contribution in [-0.2, 0) is 13.2 Å². The number of ether oxygens (including phenoxy) is 1. The molecule has 1 aromatic heterocycles. The minimum absolute atomic E-state index is 0.0623. The number of thiophene rings is 1. The Balaban J connectivity index is 1.29. The highest BCUT2D eigenvalue weighted by molar-refractivity contribution is 7.12. The summed E-state index contributed by atoms with van der Waals surface area (Å²) in [5, 5.41) is 2.43. The molecule has 0 N–H and O–H groups in total. The average molecular weight is 473 g/mol. The molecule has 7 heteroatoms. The predicted octanol–water partition coefficient (Wildman–Crippen LogP) is 5.69. The molecule has 2 aromatic carbocycles.